The first-order valence-electron chi connectivity index (χ1n) is 7.70. The molecule has 0 aliphatic carbocycles. The number of nitrogens with one attached hydrogen (secondary N) is 1. The summed E-state index contributed by atoms with van der Waals surface area (Å²) in [6.45, 7) is 0. The Morgan fingerprint density at radius 3 is 2.73 bits per heavy atom. The van der Waals surface area contributed by atoms with Gasteiger partial charge in [-0.1, -0.05) is 11.6 Å². The van der Waals surface area contributed by atoms with Crippen LogP contribution in [-0.2, 0) is 0 Å². The summed E-state index contributed by atoms with van der Waals surface area (Å²) in [5.74, 6) is 1.44. The van der Waals surface area contributed by atoms with E-state index in [0.29, 0.717) is 23.6 Å². The van der Waals surface area contributed by atoms with Gasteiger partial charge >= 0.3 is 0 Å². The van der Waals surface area contributed by atoms with E-state index < -0.39 is 0 Å². The minimum Gasteiger partial charge on any atom is -0.506 e. The van der Waals surface area contributed by atoms with Crippen molar-refractivity contribution in [2.45, 2.75) is 0 Å². The van der Waals surface area contributed by atoms with Crippen molar-refractivity contribution in [3.05, 3.63) is 65.6 Å². The summed E-state index contributed by atoms with van der Waals surface area (Å²) >= 11 is 5.96. The second kappa shape index (κ2) is 6.50. The summed E-state index contributed by atoms with van der Waals surface area (Å²) in [6, 6.07) is 13.8. The fraction of sp³-hybridized carbons (Fsp3) is 0. The molecule has 4 aromatic rings. The molecule has 0 radical (unpaired) electrons. The van der Waals surface area contributed by atoms with Gasteiger partial charge in [-0.05, 0) is 48.5 Å². The summed E-state index contributed by atoms with van der Waals surface area (Å²) in [6.07, 6.45) is 2.12. The van der Waals surface area contributed by atoms with Crippen molar-refractivity contribution in [3.8, 4) is 17.1 Å². The number of furan rings is 1. The molecule has 0 spiro atoms. The smallest absolute Gasteiger partial charge is 0.185 e. The highest BCUT2D eigenvalue weighted by Crippen LogP contribution is 2.31. The first kappa shape index (κ1) is 16.1. The van der Waals surface area contributed by atoms with Crippen LogP contribution in [0, 0.1) is 0 Å². The summed E-state index contributed by atoms with van der Waals surface area (Å²) in [7, 11) is 0. The number of carbonyl (C=O) groups is 1. The van der Waals surface area contributed by atoms with Gasteiger partial charge in [0.2, 0.25) is 0 Å². The van der Waals surface area contributed by atoms with E-state index in [1.165, 1.54) is 12.4 Å². The van der Waals surface area contributed by atoms with Gasteiger partial charge in [-0.15, -0.1) is 0 Å². The number of nitrogens with zero attached hydrogens (tertiary/aromatic N) is 2. The fourth-order valence-corrected chi connectivity index (χ4v) is 2.78. The number of hydrogen-bond acceptors (Lipinski definition) is 6. The van der Waals surface area contributed by atoms with Gasteiger partial charge in [0.25, 0.3) is 0 Å². The molecule has 0 aliphatic rings. The Morgan fingerprint density at radius 2 is 1.96 bits per heavy atom. The maximum absolute atomic E-state index is 10.8. The number of carbonyl (C=O) groups excluding carboxylic acids is 1. The van der Waals surface area contributed by atoms with Gasteiger partial charge in [-0.2, -0.15) is 0 Å². The highest BCUT2D eigenvalue weighted by molar-refractivity contribution is 6.32. The van der Waals surface area contributed by atoms with Gasteiger partial charge in [0, 0.05) is 16.6 Å². The quantitative estimate of drug-likeness (QED) is 0.398. The van der Waals surface area contributed by atoms with Crippen LogP contribution < -0.4 is 5.32 Å². The van der Waals surface area contributed by atoms with Crippen LogP contribution in [0.15, 0.2) is 59.3 Å². The van der Waals surface area contributed by atoms with Crippen LogP contribution in [0.25, 0.3) is 22.2 Å². The Balaban J connectivity index is 1.77. The van der Waals surface area contributed by atoms with Crippen LogP contribution in [0.1, 0.15) is 10.6 Å². The van der Waals surface area contributed by atoms with E-state index in [1.54, 1.807) is 24.3 Å². The number of phenols is 1. The molecule has 6 nitrogen and oxygen atoms in total. The topological polar surface area (TPSA) is 88.2 Å². The lowest BCUT2D eigenvalue weighted by molar-refractivity contribution is 0.110. The average Bonchev–Trinajstić information content (AvgIpc) is 3.14. The maximum Gasteiger partial charge on any atom is 0.185 e. The first-order valence-corrected chi connectivity index (χ1v) is 8.07. The molecule has 0 saturated heterocycles. The van der Waals surface area contributed by atoms with Gasteiger partial charge in [0.1, 0.15) is 23.7 Å². The molecule has 4 rings (SSSR count). The Hall–Kier alpha value is -3.38. The number of aromatic hydroxyl groups is 1. The minimum absolute atomic E-state index is 0.0100. The number of benzene rings is 2. The third-order valence-corrected chi connectivity index (χ3v) is 4.18. The normalized spacial score (nSPS) is 10.8. The number of fused-ring (bicyclic) bond motifs is 1. The van der Waals surface area contributed by atoms with E-state index in [1.807, 2.05) is 18.2 Å². The fourth-order valence-electron chi connectivity index (χ4n) is 2.60. The van der Waals surface area contributed by atoms with E-state index in [-0.39, 0.29) is 16.5 Å². The first-order chi connectivity index (χ1) is 12.6. The van der Waals surface area contributed by atoms with Crippen molar-refractivity contribution >= 4 is 40.3 Å². The third kappa shape index (κ3) is 2.98. The number of phenolic OH excluding ortho intramolecular Hbond substituents is 1. The number of aromatic nitrogens is 2. The zero-order chi connectivity index (χ0) is 18.1. The predicted octanol–water partition coefficient (Wildman–Crippen LogP) is 4.80. The van der Waals surface area contributed by atoms with Gasteiger partial charge in [-0.25, -0.2) is 9.97 Å². The molecular formula is C19H12ClN3O3. The largest absolute Gasteiger partial charge is 0.506 e. The van der Waals surface area contributed by atoms with Crippen LogP contribution in [0.2, 0.25) is 5.02 Å². The molecule has 128 valence electrons. The second-order valence-corrected chi connectivity index (χ2v) is 5.97. The molecule has 2 heterocycles. The molecule has 0 unspecified atom stereocenters. The van der Waals surface area contributed by atoms with Gasteiger partial charge in [-0.3, -0.25) is 4.79 Å². The summed E-state index contributed by atoms with van der Waals surface area (Å²) < 4.78 is 5.48. The average molecular weight is 366 g/mol. The van der Waals surface area contributed by atoms with Crippen LogP contribution in [0.3, 0.4) is 0 Å². The molecule has 26 heavy (non-hydrogen) atoms. The summed E-state index contributed by atoms with van der Waals surface area (Å²) in [5.41, 5.74) is 2.23. The van der Waals surface area contributed by atoms with Crippen molar-refractivity contribution in [2.24, 2.45) is 0 Å². The number of anilines is 2. The number of rotatable bonds is 4. The molecule has 2 aromatic heterocycles. The monoisotopic (exact) mass is 365 g/mol. The molecule has 2 N–H and O–H groups in total. The molecule has 0 saturated carbocycles. The molecule has 2 aromatic carbocycles. The van der Waals surface area contributed by atoms with Crippen molar-refractivity contribution in [1.29, 1.82) is 0 Å². The van der Waals surface area contributed by atoms with Gasteiger partial charge in [0.05, 0.1) is 10.5 Å². The van der Waals surface area contributed by atoms with E-state index in [9.17, 15) is 9.90 Å². The van der Waals surface area contributed by atoms with E-state index in [2.05, 4.69) is 15.3 Å². The summed E-state index contributed by atoms with van der Waals surface area (Å²) in [5, 5.41) is 13.7. The van der Waals surface area contributed by atoms with E-state index in [0.717, 1.165) is 16.5 Å². The Morgan fingerprint density at radius 1 is 1.08 bits per heavy atom. The molecule has 7 heteroatoms. The van der Waals surface area contributed by atoms with Crippen molar-refractivity contribution in [3.63, 3.8) is 0 Å². The van der Waals surface area contributed by atoms with Crippen LogP contribution in [0.5, 0.6) is 5.75 Å². The van der Waals surface area contributed by atoms with Gasteiger partial charge in [0.15, 0.2) is 12.0 Å². The Bertz CT molecular complexity index is 1120. The molecule has 0 amide bonds. The Labute approximate surface area is 153 Å². The highest BCUT2D eigenvalue weighted by Gasteiger charge is 2.10. The maximum atomic E-state index is 10.8. The lowest BCUT2D eigenvalue weighted by Gasteiger charge is -2.10. The minimum atomic E-state index is 0.0100. The number of hydrogen-bond donors (Lipinski definition) is 2. The lowest BCUT2D eigenvalue weighted by atomic mass is 10.1. The molecule has 0 atom stereocenters. The molecular weight excluding hydrogens is 354 g/mol. The highest BCUT2D eigenvalue weighted by atomic mass is 35.5. The number of aldehydes is 1. The molecule has 0 aliphatic heterocycles. The number of halogens is 1. The lowest BCUT2D eigenvalue weighted by Crippen LogP contribution is -1.96. The van der Waals surface area contributed by atoms with Crippen molar-refractivity contribution in [2.75, 3.05) is 5.32 Å². The summed E-state index contributed by atoms with van der Waals surface area (Å²) in [4.78, 5) is 19.4. The van der Waals surface area contributed by atoms with E-state index >= 15 is 0 Å². The SMILES string of the molecule is O=Cc1ccc(-c2ccc3ncnc(Nc4ccc(O)c(Cl)c4)c3c2)o1. The second-order valence-electron chi connectivity index (χ2n) is 5.57. The molecule has 0 fully saturated rings. The predicted molar refractivity (Wildman–Crippen MR) is 99.0 cm³/mol. The van der Waals surface area contributed by atoms with Crippen LogP contribution in [0.4, 0.5) is 11.5 Å². The van der Waals surface area contributed by atoms with Crippen LogP contribution >= 0.6 is 11.6 Å². The Kier molecular flexibility index (Phi) is 4.02. The third-order valence-electron chi connectivity index (χ3n) is 3.87. The molecule has 0 bridgehead atoms. The standard InChI is InChI=1S/C19H12ClN3O3/c20-15-8-12(2-5-17(15)25)23-19-14-7-11(1-4-16(14)21-10-22-19)18-6-3-13(9-24)26-18/h1-10,25H,(H,21,22,23). The zero-order valence-electron chi connectivity index (χ0n) is 13.3. The van der Waals surface area contributed by atoms with E-state index in [4.69, 9.17) is 16.0 Å². The van der Waals surface area contributed by atoms with Crippen molar-refractivity contribution < 1.29 is 14.3 Å². The van der Waals surface area contributed by atoms with Crippen molar-refractivity contribution in [1.82, 2.24) is 9.97 Å². The van der Waals surface area contributed by atoms with Gasteiger partial charge < -0.3 is 14.8 Å². The zero-order valence-corrected chi connectivity index (χ0v) is 14.1. The van der Waals surface area contributed by atoms with Crippen LogP contribution in [-0.4, -0.2) is 21.4 Å².